The molecule has 0 aliphatic carbocycles. The summed E-state index contributed by atoms with van der Waals surface area (Å²) in [7, 11) is -6.55. The molecule has 0 aliphatic heterocycles. The molecule has 3 aromatic heterocycles. The maximum absolute atomic E-state index is 10.2. The third kappa shape index (κ3) is 5.87. The van der Waals surface area contributed by atoms with Crippen molar-refractivity contribution < 1.29 is 53.5 Å². The van der Waals surface area contributed by atoms with E-state index in [1.165, 1.54) is 0 Å². The molecule has 0 unspecified atom stereocenters. The van der Waals surface area contributed by atoms with Crippen LogP contribution in [0.4, 0.5) is 0 Å². The van der Waals surface area contributed by atoms with E-state index in [1.807, 2.05) is 0 Å². The summed E-state index contributed by atoms with van der Waals surface area (Å²) in [6.07, 6.45) is 0. The molecule has 12 rings (SSSR count). The molecule has 12 aromatic rings. The van der Waals surface area contributed by atoms with Crippen molar-refractivity contribution in [2.24, 2.45) is 0 Å². The molecule has 63 heavy (non-hydrogen) atoms. The van der Waals surface area contributed by atoms with Crippen molar-refractivity contribution in [2.75, 3.05) is 0 Å². The van der Waals surface area contributed by atoms with Crippen LogP contribution in [0.5, 0.6) is 0 Å². The summed E-state index contributed by atoms with van der Waals surface area (Å²) in [6, 6.07) is -46.2. The topological polar surface area (TPSA) is 48.5 Å². The van der Waals surface area contributed by atoms with Crippen molar-refractivity contribution >= 4 is 72.4 Å². The summed E-state index contributed by atoms with van der Waals surface area (Å²) in [5.41, 5.74) is -6.42. The molecule has 0 radical (unpaired) electrons. The summed E-state index contributed by atoms with van der Waals surface area (Å²) in [6.45, 7) is 0. The molecule has 3 heterocycles. The molecule has 5 nitrogen and oxygen atoms in total. The first-order valence-corrected chi connectivity index (χ1v) is 20.2. The summed E-state index contributed by atoms with van der Waals surface area (Å²) >= 11 is 0. The Labute approximate surface area is 420 Å². The van der Waals surface area contributed by atoms with Gasteiger partial charge in [0.2, 0.25) is 5.95 Å². The van der Waals surface area contributed by atoms with Crippen LogP contribution in [-0.4, -0.2) is 32.2 Å². The maximum atomic E-state index is 10.2. The second-order valence-electron chi connectivity index (χ2n) is 13.1. The highest BCUT2D eigenvalue weighted by Gasteiger charge is 2.41. The van der Waals surface area contributed by atoms with Crippen molar-refractivity contribution in [3.8, 4) is 34.4 Å². The highest BCUT2D eigenvalue weighted by Crippen LogP contribution is 2.39. The minimum atomic E-state index is -6.55. The van der Waals surface area contributed by atoms with Crippen molar-refractivity contribution in [3.63, 3.8) is 0 Å². The summed E-state index contributed by atoms with van der Waals surface area (Å²) in [4.78, 5) is 13.4. The molecule has 0 atom stereocenters. The Bertz CT molecular complexity index is 5580. The average molecular weight is 861 g/mol. The first kappa shape index (κ1) is 14.4. The smallest absolute Gasteiger partial charge is 0.238 e. The summed E-state index contributed by atoms with van der Waals surface area (Å²) < 4.78 is 361. The molecule has 0 amide bonds. The SMILES string of the molecule is [2H]c1c([2H])c([2H])c(-c2nc(-c3c([2H])c([2H])c([Si](c4c([2H])c([2H])c([2H])c([2H])c4[2H])(c4c([2H])c([2H])c([2H])c([2H])c4[2H])c4c([2H])c([2H])c([2H])c([2H])c4[2H])c([2H])c3[2H])nc(-n3c4c([2H])c([2H])c([2H])c([2H])c4c4c([2H])c([2H])c([2H])c(-n5c6c([2H])c([2H])c([2H])c([2H])c6c6c([2H])c([2H])c([2H])c([2H])c65)c43)n2)c([2H])c1[2H]. The molecule has 0 saturated carbocycles. The highest BCUT2D eigenvalue weighted by atomic mass is 28.3. The lowest BCUT2D eigenvalue weighted by atomic mass is 10.1. The van der Waals surface area contributed by atoms with E-state index >= 15 is 0 Å². The van der Waals surface area contributed by atoms with Gasteiger partial charge in [-0.05, 0) is 44.9 Å². The number of para-hydroxylation sites is 4. The molecule has 0 N–H and O–H groups in total. The lowest BCUT2D eigenvalue weighted by molar-refractivity contribution is 0.950. The van der Waals surface area contributed by atoms with Crippen LogP contribution in [0, 0.1) is 0 Å². The lowest BCUT2D eigenvalue weighted by Crippen LogP contribution is -2.74. The zero-order chi connectivity index (χ0) is 75.7. The Hall–Kier alpha value is -8.19. The van der Waals surface area contributed by atoms with Crippen LogP contribution in [0.25, 0.3) is 78.0 Å². The Morgan fingerprint density at radius 2 is 0.698 bits per heavy atom. The van der Waals surface area contributed by atoms with E-state index in [1.54, 1.807) is 0 Å². The molecule has 0 bridgehead atoms. The third-order valence-electron chi connectivity index (χ3n) is 9.85. The van der Waals surface area contributed by atoms with Crippen molar-refractivity contribution in [1.82, 2.24) is 24.1 Å². The minimum Gasteiger partial charge on any atom is -0.307 e. The zero-order valence-corrected chi connectivity index (χ0v) is 32.2. The van der Waals surface area contributed by atoms with E-state index in [9.17, 15) is 26.0 Å². The predicted octanol–water partition coefficient (Wildman–Crippen LogP) is 10.8. The Balaban J connectivity index is 1.37. The molecule has 0 saturated heterocycles. The number of rotatable bonds is 8. The molecule has 9 aromatic carbocycles. The lowest BCUT2D eigenvalue weighted by Gasteiger charge is -2.34. The standard InChI is InChI=1S/C57H39N5Si/c1-5-20-40(21-6-1)55-58-56(41-36-38-45(39-37-41)63(42-22-7-2-8-23-42,43-24-9-3-10-25-43)44-26-11-4-12-27-44)60-57(59-55)62-52-34-18-15-30-48(52)49-31-19-35-53(54(49)62)61-50-32-16-13-28-46(50)47-29-14-17-33-51(47)61/h1-39H/i1D,2D,3D,4D,5D,6D,7D,8D,9D,10D,11D,12D,13D,14D,15D,16D,17D,18D,19D,20D,21D,22D,23D,24D,25D,26D,27D,28D,29D,30D,31D,32D,33D,34D,35D,36D,37D,38D,39D. The van der Waals surface area contributed by atoms with Gasteiger partial charge >= 0.3 is 0 Å². The zero-order valence-electron chi connectivity index (χ0n) is 70.2. The first-order valence-electron chi connectivity index (χ1n) is 37.7. The number of nitrogens with zero attached hydrogens (tertiary/aromatic N) is 5. The fourth-order valence-corrected chi connectivity index (χ4v) is 10.8. The van der Waals surface area contributed by atoms with Gasteiger partial charge in [0.1, 0.15) is 0 Å². The van der Waals surface area contributed by atoms with Gasteiger partial charge in [0.25, 0.3) is 0 Å². The molecular weight excluding hydrogens is 783 g/mol. The number of benzene rings is 9. The molecular formula is C57H39N5Si. The second-order valence-corrected chi connectivity index (χ2v) is 16.6. The average Bonchev–Trinajstić information content (AvgIpc) is 1.18. The largest absolute Gasteiger partial charge is 0.307 e. The normalized spacial score (nSPS) is 20.5. The van der Waals surface area contributed by atoms with Crippen LogP contribution in [0.3, 0.4) is 0 Å². The summed E-state index contributed by atoms with van der Waals surface area (Å²) in [5, 5.41) is -7.86. The quantitative estimate of drug-likeness (QED) is 0.113. The summed E-state index contributed by atoms with van der Waals surface area (Å²) in [5.74, 6) is -3.59. The monoisotopic (exact) mass is 861 g/mol. The van der Waals surface area contributed by atoms with Crippen molar-refractivity contribution in [2.45, 2.75) is 0 Å². The van der Waals surface area contributed by atoms with Gasteiger partial charge in [0.05, 0.1) is 81.2 Å². The predicted molar refractivity (Wildman–Crippen MR) is 263 cm³/mol. The van der Waals surface area contributed by atoms with E-state index in [4.69, 9.17) is 27.4 Å². The number of aromatic nitrogens is 5. The van der Waals surface area contributed by atoms with Gasteiger partial charge in [-0.2, -0.15) is 9.97 Å². The fourth-order valence-electron chi connectivity index (χ4n) is 7.29. The Morgan fingerprint density at radius 3 is 1.21 bits per heavy atom. The number of hydrogen-bond acceptors (Lipinski definition) is 3. The van der Waals surface area contributed by atoms with Crippen LogP contribution in [0.2, 0.25) is 0 Å². The molecule has 0 spiro atoms. The fraction of sp³-hybridized carbons (Fsp3) is 0. The van der Waals surface area contributed by atoms with Crippen LogP contribution in [-0.2, 0) is 0 Å². The van der Waals surface area contributed by atoms with Gasteiger partial charge in [0, 0.05) is 32.7 Å². The van der Waals surface area contributed by atoms with E-state index < -0.39 is 342 Å². The van der Waals surface area contributed by atoms with Gasteiger partial charge in [-0.15, -0.1) is 0 Å². The number of hydrogen-bond donors (Lipinski definition) is 0. The van der Waals surface area contributed by atoms with Gasteiger partial charge in [0.15, 0.2) is 19.7 Å². The van der Waals surface area contributed by atoms with E-state index in [2.05, 4.69) is 15.0 Å². The van der Waals surface area contributed by atoms with Crippen molar-refractivity contribution in [3.05, 3.63) is 236 Å². The van der Waals surface area contributed by atoms with Gasteiger partial charge < -0.3 is 4.57 Å². The molecule has 0 fully saturated rings. The Morgan fingerprint density at radius 1 is 0.317 bits per heavy atom. The second kappa shape index (κ2) is 15.1. The first-order chi connectivity index (χ1) is 47.5. The van der Waals surface area contributed by atoms with Crippen LogP contribution < -0.4 is 20.7 Å². The third-order valence-corrected chi connectivity index (χ3v) is 13.8. The van der Waals surface area contributed by atoms with Crippen molar-refractivity contribution in [1.29, 1.82) is 0 Å². The van der Waals surface area contributed by atoms with Crippen LogP contribution in [0.1, 0.15) is 53.5 Å². The number of fused-ring (bicyclic) bond motifs is 6. The van der Waals surface area contributed by atoms with Gasteiger partial charge in [-0.1, -0.05) is 211 Å². The van der Waals surface area contributed by atoms with Gasteiger partial charge in [-0.25, -0.2) is 4.98 Å². The maximum Gasteiger partial charge on any atom is 0.238 e. The van der Waals surface area contributed by atoms with E-state index in [-0.39, 0.29) is 0 Å². The van der Waals surface area contributed by atoms with Crippen LogP contribution >= 0.6 is 0 Å². The molecule has 0 aliphatic rings. The highest BCUT2D eigenvalue weighted by molar-refractivity contribution is 7.19. The molecule has 296 valence electrons. The van der Waals surface area contributed by atoms with Gasteiger partial charge in [-0.3, -0.25) is 4.57 Å². The Kier molecular flexibility index (Phi) is 3.45. The van der Waals surface area contributed by atoms with Crippen LogP contribution in [0.15, 0.2) is 236 Å². The van der Waals surface area contributed by atoms with E-state index in [0.717, 1.165) is 0 Å². The minimum absolute atomic E-state index is 0.588. The molecule has 6 heteroatoms. The van der Waals surface area contributed by atoms with E-state index in [0.29, 0.717) is 9.13 Å².